The van der Waals surface area contributed by atoms with E-state index in [1.807, 2.05) is 48.6 Å². The fraction of sp³-hybridized carbons (Fsp3) is 0.333. The number of aromatic nitrogens is 4. The van der Waals surface area contributed by atoms with Gasteiger partial charge in [-0.05, 0) is 43.5 Å². The van der Waals surface area contributed by atoms with Gasteiger partial charge in [0.1, 0.15) is 11.5 Å². The van der Waals surface area contributed by atoms with Crippen molar-refractivity contribution >= 4 is 5.91 Å². The topological polar surface area (TPSA) is 63.9 Å². The molecule has 1 aliphatic rings. The first-order valence-electron chi connectivity index (χ1n) is 9.33. The van der Waals surface area contributed by atoms with Crippen LogP contribution in [0.2, 0.25) is 0 Å². The van der Waals surface area contributed by atoms with Gasteiger partial charge in [0.25, 0.3) is 5.91 Å². The Hall–Kier alpha value is -3.02. The number of amides is 1. The number of pyridine rings is 2. The summed E-state index contributed by atoms with van der Waals surface area (Å²) in [6.07, 6.45) is 9.52. The van der Waals surface area contributed by atoms with E-state index in [1.54, 1.807) is 12.3 Å². The van der Waals surface area contributed by atoms with Gasteiger partial charge in [-0.2, -0.15) is 0 Å². The van der Waals surface area contributed by atoms with Gasteiger partial charge in [-0.3, -0.25) is 9.78 Å². The lowest BCUT2D eigenvalue weighted by Crippen LogP contribution is -2.40. The lowest BCUT2D eigenvalue weighted by atomic mass is 9.96. The van der Waals surface area contributed by atoms with Crippen molar-refractivity contribution in [2.45, 2.75) is 32.2 Å². The van der Waals surface area contributed by atoms with Gasteiger partial charge < -0.3 is 9.47 Å². The monoisotopic (exact) mass is 361 g/mol. The van der Waals surface area contributed by atoms with E-state index < -0.39 is 0 Å². The van der Waals surface area contributed by atoms with Crippen LogP contribution in [-0.2, 0) is 6.54 Å². The van der Waals surface area contributed by atoms with E-state index in [4.69, 9.17) is 0 Å². The standard InChI is InChI=1S/C21H23N5O/c1-16-5-2-8-19(24-16)21(27)26-11-4-7-18(15-26)20-23-10-12-25(20)14-17-6-3-9-22-13-17/h2-3,5-6,8-10,12-13,18H,4,7,11,14-15H2,1H3/t18-/m0/s1. The van der Waals surface area contributed by atoms with Gasteiger partial charge in [-0.1, -0.05) is 12.1 Å². The van der Waals surface area contributed by atoms with Crippen molar-refractivity contribution in [1.29, 1.82) is 0 Å². The first kappa shape index (κ1) is 17.4. The Morgan fingerprint density at radius 2 is 2.15 bits per heavy atom. The lowest BCUT2D eigenvalue weighted by molar-refractivity contribution is 0.0697. The van der Waals surface area contributed by atoms with Crippen LogP contribution in [0.25, 0.3) is 0 Å². The summed E-state index contributed by atoms with van der Waals surface area (Å²) < 4.78 is 2.17. The van der Waals surface area contributed by atoms with Crippen LogP contribution < -0.4 is 0 Å². The highest BCUT2D eigenvalue weighted by atomic mass is 16.2. The molecule has 0 aliphatic carbocycles. The van der Waals surface area contributed by atoms with E-state index in [1.165, 1.54) is 0 Å². The van der Waals surface area contributed by atoms with Gasteiger partial charge in [0.15, 0.2) is 0 Å². The zero-order chi connectivity index (χ0) is 18.6. The van der Waals surface area contributed by atoms with Crippen LogP contribution in [0.4, 0.5) is 0 Å². The van der Waals surface area contributed by atoms with Gasteiger partial charge in [0.2, 0.25) is 0 Å². The Morgan fingerprint density at radius 3 is 2.96 bits per heavy atom. The smallest absolute Gasteiger partial charge is 0.272 e. The normalized spacial score (nSPS) is 17.1. The van der Waals surface area contributed by atoms with Gasteiger partial charge in [-0.15, -0.1) is 0 Å². The predicted molar refractivity (Wildman–Crippen MR) is 102 cm³/mol. The van der Waals surface area contributed by atoms with Gasteiger partial charge in [0, 0.05) is 49.5 Å². The van der Waals surface area contributed by atoms with Crippen LogP contribution in [0.5, 0.6) is 0 Å². The SMILES string of the molecule is Cc1cccc(C(=O)N2CCC[C@H](c3nccn3Cc3cccnc3)C2)n1. The van der Waals surface area contributed by atoms with Crippen LogP contribution in [0.15, 0.2) is 55.1 Å². The average molecular weight is 361 g/mol. The third-order valence-electron chi connectivity index (χ3n) is 5.00. The molecule has 0 aromatic carbocycles. The molecule has 0 N–H and O–H groups in total. The molecule has 0 spiro atoms. The van der Waals surface area contributed by atoms with Crippen LogP contribution >= 0.6 is 0 Å². The van der Waals surface area contributed by atoms with Crippen molar-refractivity contribution in [2.75, 3.05) is 13.1 Å². The molecule has 3 aromatic heterocycles. The maximum absolute atomic E-state index is 12.9. The molecule has 0 unspecified atom stereocenters. The largest absolute Gasteiger partial charge is 0.337 e. The molecule has 1 fully saturated rings. The Balaban J connectivity index is 1.51. The Bertz CT molecular complexity index is 921. The molecular formula is C21H23N5O. The molecule has 138 valence electrons. The quantitative estimate of drug-likeness (QED) is 0.716. The number of likely N-dealkylation sites (tertiary alicyclic amines) is 1. The van der Waals surface area contributed by atoms with Crippen LogP contribution in [0.3, 0.4) is 0 Å². The van der Waals surface area contributed by atoms with Crippen molar-refractivity contribution in [3.05, 3.63) is 77.9 Å². The van der Waals surface area contributed by atoms with E-state index in [9.17, 15) is 4.79 Å². The zero-order valence-electron chi connectivity index (χ0n) is 15.5. The Kier molecular flexibility index (Phi) is 4.96. The highest BCUT2D eigenvalue weighted by Gasteiger charge is 2.28. The van der Waals surface area contributed by atoms with Gasteiger partial charge >= 0.3 is 0 Å². The summed E-state index contributed by atoms with van der Waals surface area (Å²) >= 11 is 0. The van der Waals surface area contributed by atoms with E-state index in [2.05, 4.69) is 25.6 Å². The molecule has 1 saturated heterocycles. The predicted octanol–water partition coefficient (Wildman–Crippen LogP) is 3.05. The molecule has 0 radical (unpaired) electrons. The molecule has 4 rings (SSSR count). The summed E-state index contributed by atoms with van der Waals surface area (Å²) in [7, 11) is 0. The zero-order valence-corrected chi connectivity index (χ0v) is 15.5. The van der Waals surface area contributed by atoms with E-state index in [0.29, 0.717) is 12.2 Å². The average Bonchev–Trinajstić information content (AvgIpc) is 3.16. The van der Waals surface area contributed by atoms with Crippen molar-refractivity contribution in [3.63, 3.8) is 0 Å². The lowest BCUT2D eigenvalue weighted by Gasteiger charge is -2.32. The number of nitrogens with zero attached hydrogens (tertiary/aromatic N) is 5. The second kappa shape index (κ2) is 7.70. The second-order valence-electron chi connectivity index (χ2n) is 7.03. The molecule has 0 saturated carbocycles. The first-order valence-corrected chi connectivity index (χ1v) is 9.33. The van der Waals surface area contributed by atoms with Gasteiger partial charge in [-0.25, -0.2) is 9.97 Å². The molecule has 1 aliphatic heterocycles. The summed E-state index contributed by atoms with van der Waals surface area (Å²) in [5.74, 6) is 1.28. The number of imidazole rings is 1. The summed E-state index contributed by atoms with van der Waals surface area (Å²) in [5.41, 5.74) is 2.53. The number of hydrogen-bond acceptors (Lipinski definition) is 4. The molecule has 27 heavy (non-hydrogen) atoms. The number of carbonyl (C=O) groups excluding carboxylic acids is 1. The van der Waals surface area contributed by atoms with E-state index in [0.717, 1.165) is 43.0 Å². The summed E-state index contributed by atoms with van der Waals surface area (Å²) in [5, 5.41) is 0. The van der Waals surface area contributed by atoms with Crippen LogP contribution in [-0.4, -0.2) is 43.4 Å². The molecule has 1 atom stereocenters. The first-order chi connectivity index (χ1) is 13.2. The minimum Gasteiger partial charge on any atom is -0.337 e. The molecule has 6 heteroatoms. The Morgan fingerprint density at radius 1 is 1.22 bits per heavy atom. The number of hydrogen-bond donors (Lipinski definition) is 0. The molecule has 1 amide bonds. The minimum atomic E-state index is 0.00812. The maximum atomic E-state index is 12.9. The third-order valence-corrected chi connectivity index (χ3v) is 5.00. The van der Waals surface area contributed by atoms with E-state index >= 15 is 0 Å². The molecular weight excluding hydrogens is 338 g/mol. The molecule has 6 nitrogen and oxygen atoms in total. The highest BCUT2D eigenvalue weighted by molar-refractivity contribution is 5.92. The van der Waals surface area contributed by atoms with Gasteiger partial charge in [0.05, 0.1) is 6.54 Å². The number of piperidine rings is 1. The van der Waals surface area contributed by atoms with Crippen molar-refractivity contribution in [1.82, 2.24) is 24.4 Å². The maximum Gasteiger partial charge on any atom is 0.272 e. The van der Waals surface area contributed by atoms with Crippen molar-refractivity contribution < 1.29 is 4.79 Å². The number of rotatable bonds is 4. The molecule has 4 heterocycles. The number of carbonyl (C=O) groups is 1. The van der Waals surface area contributed by atoms with Crippen molar-refractivity contribution in [2.24, 2.45) is 0 Å². The molecule has 3 aromatic rings. The van der Waals surface area contributed by atoms with Crippen LogP contribution in [0, 0.1) is 6.92 Å². The Labute approximate surface area is 158 Å². The summed E-state index contributed by atoms with van der Waals surface area (Å²) in [6.45, 7) is 4.10. The third kappa shape index (κ3) is 3.89. The van der Waals surface area contributed by atoms with Crippen LogP contribution in [0.1, 0.15) is 46.3 Å². The van der Waals surface area contributed by atoms with E-state index in [-0.39, 0.29) is 11.8 Å². The summed E-state index contributed by atoms with van der Waals surface area (Å²) in [4.78, 5) is 28.0. The minimum absolute atomic E-state index is 0.00812. The van der Waals surface area contributed by atoms with Crippen molar-refractivity contribution in [3.8, 4) is 0 Å². The molecule has 0 bridgehead atoms. The number of aryl methyl sites for hydroxylation is 1. The fourth-order valence-corrected chi connectivity index (χ4v) is 3.70. The second-order valence-corrected chi connectivity index (χ2v) is 7.03. The fourth-order valence-electron chi connectivity index (χ4n) is 3.70. The highest BCUT2D eigenvalue weighted by Crippen LogP contribution is 2.27. The summed E-state index contributed by atoms with van der Waals surface area (Å²) in [6, 6.07) is 9.60.